The molecule has 0 saturated carbocycles. The largest absolute Gasteiger partial charge is 0.452 e. The number of ether oxygens (including phenoxy) is 1. The van der Waals surface area contributed by atoms with Gasteiger partial charge < -0.3 is 15.0 Å². The first-order chi connectivity index (χ1) is 10.5. The van der Waals surface area contributed by atoms with E-state index < -0.39 is 11.5 Å². The number of para-hydroxylation sites is 1. The van der Waals surface area contributed by atoms with Gasteiger partial charge in [-0.2, -0.15) is 0 Å². The molecule has 0 unspecified atom stereocenters. The monoisotopic (exact) mass is 302 g/mol. The number of benzene rings is 1. The van der Waals surface area contributed by atoms with Gasteiger partial charge in [-0.1, -0.05) is 25.1 Å². The summed E-state index contributed by atoms with van der Waals surface area (Å²) in [6, 6.07) is 8.12. The number of hydrogen-bond acceptors (Lipinski definition) is 4. The smallest absolute Gasteiger partial charge is 0.339 e. The number of aromatic amines is 1. The van der Waals surface area contributed by atoms with Crippen molar-refractivity contribution < 1.29 is 14.3 Å². The molecule has 0 aliphatic carbocycles. The number of pyridine rings is 1. The number of hydrogen-bond donors (Lipinski definition) is 2. The number of carbonyl (C=O) groups excluding carboxylic acids is 2. The molecule has 0 aliphatic heterocycles. The molecule has 0 bridgehead atoms. The lowest BCUT2D eigenvalue weighted by Crippen LogP contribution is -2.35. The molecule has 0 aliphatic rings. The van der Waals surface area contributed by atoms with Gasteiger partial charge in [0.05, 0.1) is 5.56 Å². The number of fused-ring (bicyclic) bond motifs is 1. The molecule has 1 heterocycles. The lowest BCUT2D eigenvalue weighted by atomic mass is 10.1. The predicted molar refractivity (Wildman–Crippen MR) is 82.7 cm³/mol. The minimum absolute atomic E-state index is 0.0200. The summed E-state index contributed by atoms with van der Waals surface area (Å²) in [6.07, 6.45) is 0.790. The van der Waals surface area contributed by atoms with Crippen molar-refractivity contribution in [2.24, 2.45) is 0 Å². The van der Waals surface area contributed by atoms with Gasteiger partial charge >= 0.3 is 5.97 Å². The van der Waals surface area contributed by atoms with E-state index in [4.69, 9.17) is 4.74 Å². The molecule has 0 fully saturated rings. The van der Waals surface area contributed by atoms with Crippen LogP contribution in [-0.4, -0.2) is 29.5 Å². The van der Waals surface area contributed by atoms with Gasteiger partial charge in [0.2, 0.25) is 5.56 Å². The topological polar surface area (TPSA) is 88.3 Å². The van der Waals surface area contributed by atoms with E-state index in [1.165, 1.54) is 6.07 Å². The van der Waals surface area contributed by atoms with Crippen molar-refractivity contribution in [3.8, 4) is 0 Å². The molecule has 2 aromatic rings. The molecule has 1 aromatic carbocycles. The molecule has 6 heteroatoms. The Labute approximate surface area is 127 Å². The Kier molecular flexibility index (Phi) is 4.93. The Hall–Kier alpha value is -2.63. The quantitative estimate of drug-likeness (QED) is 0.821. The van der Waals surface area contributed by atoms with E-state index in [-0.39, 0.29) is 24.1 Å². The highest BCUT2D eigenvalue weighted by molar-refractivity contribution is 6.03. The summed E-state index contributed by atoms with van der Waals surface area (Å²) in [5.41, 5.74) is 0.302. The van der Waals surface area contributed by atoms with E-state index in [1.807, 2.05) is 13.8 Å². The van der Waals surface area contributed by atoms with Gasteiger partial charge in [-0.15, -0.1) is 0 Å². The van der Waals surface area contributed by atoms with Crippen LogP contribution in [0.15, 0.2) is 35.1 Å². The average molecular weight is 302 g/mol. The van der Waals surface area contributed by atoms with Gasteiger partial charge in [-0.05, 0) is 19.4 Å². The number of esters is 1. The second-order valence-electron chi connectivity index (χ2n) is 5.05. The van der Waals surface area contributed by atoms with Crippen molar-refractivity contribution in [2.45, 2.75) is 26.3 Å². The fourth-order valence-electron chi connectivity index (χ4n) is 2.00. The molecular formula is C16H18N2O4. The van der Waals surface area contributed by atoms with Crippen LogP contribution >= 0.6 is 0 Å². The molecule has 6 nitrogen and oxygen atoms in total. The lowest BCUT2D eigenvalue weighted by molar-refractivity contribution is -0.124. The third-order valence-electron chi connectivity index (χ3n) is 3.32. The SMILES string of the molecule is CC[C@H](C)NC(=O)COC(=O)c1cc(=O)[nH]c2ccccc12. The van der Waals surface area contributed by atoms with E-state index in [0.29, 0.717) is 10.9 Å². The Morgan fingerprint density at radius 2 is 2.05 bits per heavy atom. The number of nitrogens with one attached hydrogen (secondary N) is 2. The normalized spacial score (nSPS) is 11.9. The van der Waals surface area contributed by atoms with Crippen molar-refractivity contribution in [1.29, 1.82) is 0 Å². The summed E-state index contributed by atoms with van der Waals surface area (Å²) < 4.78 is 4.99. The molecule has 22 heavy (non-hydrogen) atoms. The molecule has 0 spiro atoms. The van der Waals surface area contributed by atoms with Crippen LogP contribution < -0.4 is 10.9 Å². The Bertz CT molecular complexity index is 751. The van der Waals surface area contributed by atoms with Crippen LogP contribution in [0.5, 0.6) is 0 Å². The molecule has 2 N–H and O–H groups in total. The summed E-state index contributed by atoms with van der Waals surface area (Å²) in [5.74, 6) is -1.06. The van der Waals surface area contributed by atoms with Gasteiger partial charge in [-0.25, -0.2) is 4.79 Å². The zero-order chi connectivity index (χ0) is 16.1. The Morgan fingerprint density at radius 3 is 2.77 bits per heavy atom. The molecule has 1 aromatic heterocycles. The second-order valence-corrected chi connectivity index (χ2v) is 5.05. The second kappa shape index (κ2) is 6.89. The maximum Gasteiger partial charge on any atom is 0.339 e. The van der Waals surface area contributed by atoms with Gasteiger partial charge in [0.25, 0.3) is 5.91 Å². The number of carbonyl (C=O) groups is 2. The van der Waals surface area contributed by atoms with Crippen LogP contribution in [0.3, 0.4) is 0 Å². The molecule has 0 saturated heterocycles. The van der Waals surface area contributed by atoms with E-state index in [0.717, 1.165) is 6.42 Å². The van der Waals surface area contributed by atoms with Crippen LogP contribution in [0.25, 0.3) is 10.9 Å². The van der Waals surface area contributed by atoms with Crippen LogP contribution in [0, 0.1) is 0 Å². The summed E-state index contributed by atoms with van der Waals surface area (Å²) in [7, 11) is 0. The van der Waals surface area contributed by atoms with E-state index in [9.17, 15) is 14.4 Å². The fourth-order valence-corrected chi connectivity index (χ4v) is 2.00. The van der Waals surface area contributed by atoms with E-state index >= 15 is 0 Å². The number of amides is 1. The summed E-state index contributed by atoms with van der Waals surface area (Å²) in [5, 5.41) is 3.28. The maximum atomic E-state index is 12.1. The van der Waals surface area contributed by atoms with Crippen LogP contribution in [0.1, 0.15) is 30.6 Å². The van der Waals surface area contributed by atoms with Gasteiger partial charge in [0.15, 0.2) is 6.61 Å². The van der Waals surface area contributed by atoms with E-state index in [2.05, 4.69) is 10.3 Å². The zero-order valence-corrected chi connectivity index (χ0v) is 12.5. The third kappa shape index (κ3) is 3.72. The van der Waals surface area contributed by atoms with Gasteiger partial charge in [-0.3, -0.25) is 9.59 Å². The molecule has 0 radical (unpaired) electrons. The van der Waals surface area contributed by atoms with Crippen LogP contribution in [0.4, 0.5) is 0 Å². The van der Waals surface area contributed by atoms with Crippen molar-refractivity contribution >= 4 is 22.8 Å². The van der Waals surface area contributed by atoms with Crippen LogP contribution in [-0.2, 0) is 9.53 Å². The zero-order valence-electron chi connectivity index (χ0n) is 12.5. The minimum Gasteiger partial charge on any atom is -0.452 e. The van der Waals surface area contributed by atoms with Crippen molar-refractivity contribution in [3.63, 3.8) is 0 Å². The molecule has 1 atom stereocenters. The summed E-state index contributed by atoms with van der Waals surface area (Å²) >= 11 is 0. The first kappa shape index (κ1) is 15.8. The van der Waals surface area contributed by atoms with Crippen molar-refractivity contribution in [2.75, 3.05) is 6.61 Å². The van der Waals surface area contributed by atoms with Crippen molar-refractivity contribution in [1.82, 2.24) is 10.3 Å². The number of H-pyrrole nitrogens is 1. The first-order valence-corrected chi connectivity index (χ1v) is 7.09. The van der Waals surface area contributed by atoms with Crippen LogP contribution in [0.2, 0.25) is 0 Å². The van der Waals surface area contributed by atoms with E-state index in [1.54, 1.807) is 24.3 Å². The van der Waals surface area contributed by atoms with Gasteiger partial charge in [0, 0.05) is 23.0 Å². The number of rotatable bonds is 5. The third-order valence-corrected chi connectivity index (χ3v) is 3.32. The lowest BCUT2D eigenvalue weighted by Gasteiger charge is -2.11. The molecule has 116 valence electrons. The average Bonchev–Trinajstić information content (AvgIpc) is 2.51. The highest BCUT2D eigenvalue weighted by Crippen LogP contribution is 2.15. The fraction of sp³-hybridized carbons (Fsp3) is 0.312. The Balaban J connectivity index is 2.13. The molecule has 1 amide bonds. The number of aromatic nitrogens is 1. The standard InChI is InChI=1S/C16H18N2O4/c1-3-10(2)17-15(20)9-22-16(21)12-8-14(19)18-13-7-5-4-6-11(12)13/h4-8,10H,3,9H2,1-2H3,(H,17,20)(H,18,19)/t10-/m0/s1. The summed E-state index contributed by atoms with van der Waals surface area (Å²) in [4.78, 5) is 38.0. The maximum absolute atomic E-state index is 12.1. The minimum atomic E-state index is -0.693. The highest BCUT2D eigenvalue weighted by Gasteiger charge is 2.15. The van der Waals surface area contributed by atoms with Gasteiger partial charge in [0.1, 0.15) is 0 Å². The predicted octanol–water partition coefficient (Wildman–Crippen LogP) is 1.60. The summed E-state index contributed by atoms with van der Waals surface area (Å²) in [6.45, 7) is 3.44. The molecular weight excluding hydrogens is 284 g/mol. The first-order valence-electron chi connectivity index (χ1n) is 7.09. The molecule has 2 rings (SSSR count). The highest BCUT2D eigenvalue weighted by atomic mass is 16.5. The Morgan fingerprint density at radius 1 is 1.32 bits per heavy atom. The van der Waals surface area contributed by atoms with Crippen molar-refractivity contribution in [3.05, 3.63) is 46.2 Å².